The number of halogens is 1. The monoisotopic (exact) mass is 237 g/mol. The van der Waals surface area contributed by atoms with Gasteiger partial charge in [-0.15, -0.1) is 0 Å². The van der Waals surface area contributed by atoms with Gasteiger partial charge in [-0.3, -0.25) is 4.79 Å². The molecule has 0 aliphatic carbocycles. The number of nitrogens with one attached hydrogen (secondary N) is 1. The number of benzene rings is 1. The van der Waals surface area contributed by atoms with Gasteiger partial charge in [0, 0.05) is 12.5 Å². The molecule has 0 saturated heterocycles. The van der Waals surface area contributed by atoms with Crippen LogP contribution in [0.15, 0.2) is 24.3 Å². The molecule has 0 saturated carbocycles. The lowest BCUT2D eigenvalue weighted by Gasteiger charge is -2.12. The van der Waals surface area contributed by atoms with E-state index in [1.54, 1.807) is 18.2 Å². The molecule has 1 atom stereocenters. The van der Waals surface area contributed by atoms with Crippen molar-refractivity contribution in [2.45, 2.75) is 45.6 Å². The average Bonchev–Trinajstić information content (AvgIpc) is 2.28. The van der Waals surface area contributed by atoms with Crippen LogP contribution in [0.2, 0.25) is 0 Å². The van der Waals surface area contributed by atoms with Gasteiger partial charge in [0.25, 0.3) is 0 Å². The zero-order valence-corrected chi connectivity index (χ0v) is 10.5. The molecule has 0 aliphatic rings. The van der Waals surface area contributed by atoms with Crippen molar-refractivity contribution in [3.63, 3.8) is 0 Å². The fourth-order valence-corrected chi connectivity index (χ4v) is 1.80. The fraction of sp³-hybridized carbons (Fsp3) is 0.500. The Labute approximate surface area is 102 Å². The Bertz CT molecular complexity index is 365. The Morgan fingerprint density at radius 2 is 2.12 bits per heavy atom. The zero-order valence-electron chi connectivity index (χ0n) is 10.5. The van der Waals surface area contributed by atoms with Crippen LogP contribution in [0.25, 0.3) is 0 Å². The number of amides is 1. The van der Waals surface area contributed by atoms with Gasteiger partial charge in [0.15, 0.2) is 0 Å². The van der Waals surface area contributed by atoms with E-state index in [2.05, 4.69) is 12.2 Å². The van der Waals surface area contributed by atoms with Gasteiger partial charge in [-0.1, -0.05) is 31.5 Å². The Morgan fingerprint density at radius 3 is 2.76 bits per heavy atom. The van der Waals surface area contributed by atoms with Crippen molar-refractivity contribution in [2.75, 3.05) is 0 Å². The van der Waals surface area contributed by atoms with Gasteiger partial charge in [0.1, 0.15) is 5.82 Å². The second kappa shape index (κ2) is 7.05. The van der Waals surface area contributed by atoms with Crippen LogP contribution in [0.5, 0.6) is 0 Å². The minimum atomic E-state index is -0.234. The normalized spacial score (nSPS) is 12.2. The first-order chi connectivity index (χ1) is 8.13. The first-order valence-corrected chi connectivity index (χ1v) is 6.16. The van der Waals surface area contributed by atoms with Gasteiger partial charge >= 0.3 is 0 Å². The molecule has 3 heteroatoms. The van der Waals surface area contributed by atoms with Crippen molar-refractivity contribution in [1.82, 2.24) is 5.32 Å². The lowest BCUT2D eigenvalue weighted by Crippen LogP contribution is -2.32. The molecule has 1 aromatic carbocycles. The molecule has 0 radical (unpaired) electrons. The third-order valence-electron chi connectivity index (χ3n) is 2.71. The van der Waals surface area contributed by atoms with E-state index in [1.165, 1.54) is 6.07 Å². The van der Waals surface area contributed by atoms with E-state index in [9.17, 15) is 9.18 Å². The summed E-state index contributed by atoms with van der Waals surface area (Å²) < 4.78 is 13.3. The lowest BCUT2D eigenvalue weighted by atomic mass is 10.1. The van der Waals surface area contributed by atoms with Crippen LogP contribution >= 0.6 is 0 Å². The van der Waals surface area contributed by atoms with Crippen LogP contribution in [0.1, 0.15) is 38.7 Å². The predicted molar refractivity (Wildman–Crippen MR) is 67.2 cm³/mol. The van der Waals surface area contributed by atoms with Gasteiger partial charge < -0.3 is 5.32 Å². The Kier molecular flexibility index (Phi) is 5.67. The average molecular weight is 237 g/mol. The number of carbonyl (C=O) groups is 1. The number of hydrogen-bond acceptors (Lipinski definition) is 1. The molecule has 1 amide bonds. The lowest BCUT2D eigenvalue weighted by molar-refractivity contribution is -0.121. The maximum atomic E-state index is 13.3. The summed E-state index contributed by atoms with van der Waals surface area (Å²) in [6.07, 6.45) is 2.83. The molecule has 1 unspecified atom stereocenters. The van der Waals surface area contributed by atoms with Gasteiger partial charge in [-0.2, -0.15) is 0 Å². The number of aryl methyl sites for hydroxylation is 1. The molecule has 1 aromatic rings. The zero-order chi connectivity index (χ0) is 12.7. The molecule has 1 N–H and O–H groups in total. The Hall–Kier alpha value is -1.38. The maximum absolute atomic E-state index is 13.3. The fourth-order valence-electron chi connectivity index (χ4n) is 1.80. The molecule has 0 aliphatic heterocycles. The highest BCUT2D eigenvalue weighted by Gasteiger charge is 2.08. The van der Waals surface area contributed by atoms with Crippen LogP contribution in [0.3, 0.4) is 0 Å². The minimum absolute atomic E-state index is 0.00537. The Balaban J connectivity index is 2.36. The molecule has 2 nitrogen and oxygen atoms in total. The van der Waals surface area contributed by atoms with Crippen molar-refractivity contribution in [3.05, 3.63) is 35.6 Å². The second-order valence-electron chi connectivity index (χ2n) is 4.35. The van der Waals surface area contributed by atoms with Crippen molar-refractivity contribution in [1.29, 1.82) is 0 Å². The highest BCUT2D eigenvalue weighted by molar-refractivity contribution is 5.76. The predicted octanol–water partition coefficient (Wildman–Crippen LogP) is 3.06. The molecule has 17 heavy (non-hydrogen) atoms. The first-order valence-electron chi connectivity index (χ1n) is 6.16. The van der Waals surface area contributed by atoms with E-state index in [0.29, 0.717) is 18.4 Å². The van der Waals surface area contributed by atoms with E-state index < -0.39 is 0 Å². The Morgan fingerprint density at radius 1 is 1.41 bits per heavy atom. The van der Waals surface area contributed by atoms with Crippen LogP contribution in [0, 0.1) is 5.82 Å². The van der Waals surface area contributed by atoms with E-state index >= 15 is 0 Å². The van der Waals surface area contributed by atoms with Crippen LogP contribution in [0.4, 0.5) is 4.39 Å². The van der Waals surface area contributed by atoms with E-state index in [1.807, 2.05) is 6.92 Å². The number of rotatable bonds is 6. The summed E-state index contributed by atoms with van der Waals surface area (Å²) >= 11 is 0. The molecule has 0 aromatic heterocycles. The topological polar surface area (TPSA) is 29.1 Å². The summed E-state index contributed by atoms with van der Waals surface area (Å²) in [7, 11) is 0. The molecule has 1 rings (SSSR count). The van der Waals surface area contributed by atoms with Crippen LogP contribution < -0.4 is 5.32 Å². The summed E-state index contributed by atoms with van der Waals surface area (Å²) in [4.78, 5) is 11.6. The summed E-state index contributed by atoms with van der Waals surface area (Å²) in [5, 5.41) is 2.91. The van der Waals surface area contributed by atoms with E-state index in [-0.39, 0.29) is 17.8 Å². The molecular formula is C14H20FNO. The van der Waals surface area contributed by atoms with Crippen molar-refractivity contribution in [3.8, 4) is 0 Å². The van der Waals surface area contributed by atoms with Gasteiger partial charge in [-0.25, -0.2) is 4.39 Å². The summed E-state index contributed by atoms with van der Waals surface area (Å²) in [6, 6.07) is 6.79. The molecule has 0 heterocycles. The third kappa shape index (κ3) is 4.98. The van der Waals surface area contributed by atoms with Crippen molar-refractivity contribution in [2.24, 2.45) is 0 Å². The van der Waals surface area contributed by atoms with Gasteiger partial charge in [0.05, 0.1) is 0 Å². The SMILES string of the molecule is CCCC(C)NC(=O)CCc1ccccc1F. The van der Waals surface area contributed by atoms with Crippen molar-refractivity contribution < 1.29 is 9.18 Å². The minimum Gasteiger partial charge on any atom is -0.354 e. The van der Waals surface area contributed by atoms with Gasteiger partial charge in [0.2, 0.25) is 5.91 Å². The third-order valence-corrected chi connectivity index (χ3v) is 2.71. The van der Waals surface area contributed by atoms with Crippen molar-refractivity contribution >= 4 is 5.91 Å². The molecular weight excluding hydrogens is 217 g/mol. The number of hydrogen-bond donors (Lipinski definition) is 1. The molecule has 0 fully saturated rings. The smallest absolute Gasteiger partial charge is 0.220 e. The summed E-state index contributed by atoms with van der Waals surface area (Å²) in [5.41, 5.74) is 0.603. The summed E-state index contributed by atoms with van der Waals surface area (Å²) in [6.45, 7) is 4.08. The standard InChI is InChI=1S/C14H20FNO/c1-3-6-11(2)16-14(17)10-9-12-7-4-5-8-13(12)15/h4-5,7-8,11H,3,6,9-10H2,1-2H3,(H,16,17). The number of carbonyl (C=O) groups excluding carboxylic acids is 1. The highest BCUT2D eigenvalue weighted by atomic mass is 19.1. The van der Waals surface area contributed by atoms with E-state index in [0.717, 1.165) is 12.8 Å². The quantitative estimate of drug-likeness (QED) is 0.809. The molecule has 0 bridgehead atoms. The first kappa shape index (κ1) is 13.7. The van der Waals surface area contributed by atoms with Crippen LogP contribution in [-0.2, 0) is 11.2 Å². The second-order valence-corrected chi connectivity index (χ2v) is 4.35. The largest absolute Gasteiger partial charge is 0.354 e. The van der Waals surface area contributed by atoms with E-state index in [4.69, 9.17) is 0 Å². The maximum Gasteiger partial charge on any atom is 0.220 e. The van der Waals surface area contributed by atoms with Gasteiger partial charge in [-0.05, 0) is 31.4 Å². The highest BCUT2D eigenvalue weighted by Crippen LogP contribution is 2.08. The molecule has 0 spiro atoms. The summed E-state index contributed by atoms with van der Waals surface area (Å²) in [5.74, 6) is -0.240. The molecule has 94 valence electrons. The van der Waals surface area contributed by atoms with Crippen LogP contribution in [-0.4, -0.2) is 11.9 Å².